The van der Waals surface area contributed by atoms with Crippen LogP contribution in [0, 0.1) is 0 Å². The molecule has 1 aliphatic heterocycles. The van der Waals surface area contributed by atoms with E-state index in [2.05, 4.69) is 15.3 Å². The minimum Gasteiger partial charge on any atom is -0.379 e. The number of morpholine rings is 1. The van der Waals surface area contributed by atoms with Crippen LogP contribution in [0.2, 0.25) is 5.02 Å². The molecule has 3 heterocycles. The number of carbonyl (C=O) groups is 1. The Labute approximate surface area is 176 Å². The minimum absolute atomic E-state index is 0.0302. The van der Waals surface area contributed by atoms with Crippen LogP contribution in [0.15, 0.2) is 52.3 Å². The maximum atomic E-state index is 13.0. The fourth-order valence-corrected chi connectivity index (χ4v) is 4.70. The maximum absolute atomic E-state index is 13.0. The van der Waals surface area contributed by atoms with E-state index in [1.807, 2.05) is 0 Å². The monoisotopic (exact) mass is 448 g/mol. The fourth-order valence-electron chi connectivity index (χ4n) is 3.15. The molecule has 0 spiro atoms. The zero-order valence-electron chi connectivity index (χ0n) is 15.6. The Balaban J connectivity index is 1.75. The van der Waals surface area contributed by atoms with E-state index < -0.39 is 21.5 Å². The number of sulfonamides is 1. The number of fused-ring (bicyclic) bond motifs is 1. The van der Waals surface area contributed by atoms with E-state index in [0.717, 1.165) is 6.07 Å². The van der Waals surface area contributed by atoms with Gasteiger partial charge in [0.05, 0.1) is 28.7 Å². The van der Waals surface area contributed by atoms with Crippen molar-refractivity contribution in [3.63, 3.8) is 0 Å². The number of hydrogen-bond acceptors (Lipinski definition) is 6. The summed E-state index contributed by atoms with van der Waals surface area (Å²) < 4.78 is 32.5. The molecule has 0 bridgehead atoms. The van der Waals surface area contributed by atoms with Gasteiger partial charge >= 0.3 is 0 Å². The molecule has 0 radical (unpaired) electrons. The lowest BCUT2D eigenvalue weighted by molar-refractivity contribution is 0.0730. The van der Waals surface area contributed by atoms with Crippen LogP contribution in [0.4, 0.5) is 5.82 Å². The maximum Gasteiger partial charge on any atom is 0.257 e. The molecule has 1 aromatic carbocycles. The van der Waals surface area contributed by atoms with Crippen LogP contribution < -0.4 is 10.9 Å². The zero-order chi connectivity index (χ0) is 21.3. The third kappa shape index (κ3) is 4.08. The average Bonchev–Trinajstić information content (AvgIpc) is 2.75. The van der Waals surface area contributed by atoms with Crippen LogP contribution in [0.3, 0.4) is 0 Å². The second-order valence-electron chi connectivity index (χ2n) is 6.59. The van der Waals surface area contributed by atoms with Gasteiger partial charge in [-0.25, -0.2) is 13.4 Å². The molecular formula is C19H17ClN4O5S. The summed E-state index contributed by atoms with van der Waals surface area (Å²) in [6, 6.07) is 8.48. The van der Waals surface area contributed by atoms with Crippen molar-refractivity contribution < 1.29 is 17.9 Å². The zero-order valence-corrected chi connectivity index (χ0v) is 17.2. The van der Waals surface area contributed by atoms with Gasteiger partial charge in [-0.15, -0.1) is 0 Å². The Morgan fingerprint density at radius 3 is 2.63 bits per heavy atom. The molecule has 4 rings (SSSR count). The number of benzene rings is 1. The summed E-state index contributed by atoms with van der Waals surface area (Å²) in [5.41, 5.74) is -0.109. The molecule has 0 saturated carbocycles. The molecule has 1 amide bonds. The average molecular weight is 449 g/mol. The predicted molar refractivity (Wildman–Crippen MR) is 111 cm³/mol. The molecule has 3 aromatic rings. The number of halogens is 1. The number of rotatable bonds is 4. The summed E-state index contributed by atoms with van der Waals surface area (Å²) >= 11 is 5.80. The first-order valence-corrected chi connectivity index (χ1v) is 10.8. The molecule has 30 heavy (non-hydrogen) atoms. The highest BCUT2D eigenvalue weighted by Gasteiger charge is 2.27. The largest absolute Gasteiger partial charge is 0.379 e. The molecule has 9 nitrogen and oxygen atoms in total. The van der Waals surface area contributed by atoms with E-state index in [1.54, 1.807) is 6.07 Å². The summed E-state index contributed by atoms with van der Waals surface area (Å²) in [7, 11) is -3.77. The van der Waals surface area contributed by atoms with Gasteiger partial charge in [0.1, 0.15) is 5.82 Å². The molecule has 1 saturated heterocycles. The smallest absolute Gasteiger partial charge is 0.257 e. The molecule has 0 aliphatic carbocycles. The molecule has 1 aliphatic rings. The predicted octanol–water partition coefficient (Wildman–Crippen LogP) is 1.85. The lowest BCUT2D eigenvalue weighted by Gasteiger charge is -2.26. The lowest BCUT2D eigenvalue weighted by atomic mass is 10.1. The summed E-state index contributed by atoms with van der Waals surface area (Å²) in [6.07, 6.45) is 1.38. The van der Waals surface area contributed by atoms with Crippen LogP contribution in [0.1, 0.15) is 10.4 Å². The van der Waals surface area contributed by atoms with Gasteiger partial charge in [0.15, 0.2) is 0 Å². The first-order valence-electron chi connectivity index (χ1n) is 9.02. The number of aromatic nitrogens is 2. The number of H-pyrrole nitrogens is 1. The number of aromatic amines is 1. The first-order chi connectivity index (χ1) is 14.3. The van der Waals surface area contributed by atoms with E-state index in [9.17, 15) is 18.0 Å². The Hall–Kier alpha value is -2.79. The Morgan fingerprint density at radius 1 is 1.17 bits per heavy atom. The molecule has 11 heteroatoms. The number of nitrogens with one attached hydrogen (secondary N) is 2. The third-order valence-electron chi connectivity index (χ3n) is 4.64. The van der Waals surface area contributed by atoms with Crippen LogP contribution in [-0.4, -0.2) is 54.9 Å². The number of pyridine rings is 2. The summed E-state index contributed by atoms with van der Waals surface area (Å²) in [5, 5.41) is 3.30. The molecule has 2 N–H and O–H groups in total. The quantitative estimate of drug-likeness (QED) is 0.628. The second kappa shape index (κ2) is 8.15. The number of anilines is 1. The van der Waals surface area contributed by atoms with Gasteiger partial charge < -0.3 is 15.0 Å². The minimum atomic E-state index is -3.77. The van der Waals surface area contributed by atoms with Gasteiger partial charge in [-0.05, 0) is 30.3 Å². The third-order valence-corrected chi connectivity index (χ3v) is 6.75. The van der Waals surface area contributed by atoms with E-state index in [1.165, 1.54) is 34.8 Å². The molecular weight excluding hydrogens is 432 g/mol. The highest BCUT2D eigenvalue weighted by molar-refractivity contribution is 7.89. The molecule has 1 fully saturated rings. The first kappa shape index (κ1) is 20.5. The topological polar surface area (TPSA) is 121 Å². The Kier molecular flexibility index (Phi) is 5.56. The fraction of sp³-hybridized carbons (Fsp3) is 0.211. The van der Waals surface area contributed by atoms with Crippen molar-refractivity contribution in [2.75, 3.05) is 31.6 Å². The number of amides is 1. The van der Waals surface area contributed by atoms with Crippen molar-refractivity contribution in [2.24, 2.45) is 0 Å². The normalized spacial score (nSPS) is 15.2. The molecule has 2 aromatic heterocycles. The molecule has 0 atom stereocenters. The van der Waals surface area contributed by atoms with Gasteiger partial charge in [-0.1, -0.05) is 11.6 Å². The summed E-state index contributed by atoms with van der Waals surface area (Å²) in [6.45, 7) is 1.15. The van der Waals surface area contributed by atoms with E-state index in [-0.39, 0.29) is 29.4 Å². The van der Waals surface area contributed by atoms with Gasteiger partial charge in [-0.3, -0.25) is 9.59 Å². The van der Waals surface area contributed by atoms with Gasteiger partial charge in [0, 0.05) is 36.3 Å². The Morgan fingerprint density at radius 2 is 1.93 bits per heavy atom. The van der Waals surface area contributed by atoms with Crippen LogP contribution in [-0.2, 0) is 14.8 Å². The van der Waals surface area contributed by atoms with Crippen molar-refractivity contribution in [2.45, 2.75) is 4.90 Å². The highest BCUT2D eigenvalue weighted by atomic mass is 35.5. The van der Waals surface area contributed by atoms with E-state index in [0.29, 0.717) is 29.1 Å². The van der Waals surface area contributed by atoms with Crippen molar-refractivity contribution in [1.82, 2.24) is 14.3 Å². The van der Waals surface area contributed by atoms with Gasteiger partial charge in [0.2, 0.25) is 15.6 Å². The van der Waals surface area contributed by atoms with Crippen molar-refractivity contribution in [3.8, 4) is 0 Å². The van der Waals surface area contributed by atoms with Gasteiger partial charge in [0.25, 0.3) is 5.91 Å². The number of ether oxygens (including phenoxy) is 1. The van der Waals surface area contributed by atoms with Gasteiger partial charge in [-0.2, -0.15) is 4.31 Å². The number of hydrogen-bond donors (Lipinski definition) is 2. The molecule has 156 valence electrons. The molecule has 0 unspecified atom stereocenters. The number of nitrogens with zero attached hydrogens (tertiary/aromatic N) is 2. The van der Waals surface area contributed by atoms with E-state index in [4.69, 9.17) is 16.3 Å². The SMILES string of the molecule is O=C(Nc1ccc(Cl)cn1)c1cc(=O)[nH]c2ccc(S(=O)(=O)N3CCOCC3)cc12. The van der Waals surface area contributed by atoms with Crippen LogP contribution in [0.25, 0.3) is 10.9 Å². The van der Waals surface area contributed by atoms with E-state index >= 15 is 0 Å². The van der Waals surface area contributed by atoms with Crippen LogP contribution >= 0.6 is 11.6 Å². The summed E-state index contributed by atoms with van der Waals surface area (Å²) in [5.74, 6) is -0.350. The standard InChI is InChI=1S/C19H17ClN4O5S/c20-12-1-4-17(21-11-12)23-19(26)15-10-18(25)22-16-3-2-13(9-14(15)16)30(27,28)24-5-7-29-8-6-24/h1-4,9-11H,5-8H2,(H,22,25)(H,21,23,26). The lowest BCUT2D eigenvalue weighted by Crippen LogP contribution is -2.40. The van der Waals surface area contributed by atoms with Crippen molar-refractivity contribution >= 4 is 44.3 Å². The van der Waals surface area contributed by atoms with Crippen molar-refractivity contribution in [3.05, 3.63) is 63.5 Å². The van der Waals surface area contributed by atoms with Crippen LogP contribution in [0.5, 0.6) is 0 Å². The number of carbonyl (C=O) groups excluding carboxylic acids is 1. The Bertz CT molecular complexity index is 1270. The highest BCUT2D eigenvalue weighted by Crippen LogP contribution is 2.24. The second-order valence-corrected chi connectivity index (χ2v) is 8.96. The summed E-state index contributed by atoms with van der Waals surface area (Å²) in [4.78, 5) is 31.5. The van der Waals surface area contributed by atoms with Crippen molar-refractivity contribution in [1.29, 1.82) is 0 Å².